The zero-order valence-corrected chi connectivity index (χ0v) is 19.2. The van der Waals surface area contributed by atoms with Crippen molar-refractivity contribution in [1.82, 2.24) is 4.90 Å². The maximum atomic E-state index is 10.7. The molecule has 4 rings (SSSR count). The zero-order valence-electron chi connectivity index (χ0n) is 19.2. The van der Waals surface area contributed by atoms with E-state index in [9.17, 15) is 5.26 Å². The maximum Gasteiger partial charge on any atom is 0.110 e. The number of benzene rings is 3. The molecule has 1 fully saturated rings. The van der Waals surface area contributed by atoms with Crippen LogP contribution in [0.2, 0.25) is 0 Å². The first-order valence-electron chi connectivity index (χ1n) is 12.0. The van der Waals surface area contributed by atoms with Crippen molar-refractivity contribution in [2.45, 2.75) is 50.0 Å². The first kappa shape index (κ1) is 22.3. The fourth-order valence-corrected chi connectivity index (χ4v) is 5.52. The standard InChI is InChI=1S/C30H34N2/c1-32(22-21-25-13-5-2-6-14-25)29-20-12-11-19-28(23-29)30(24-31,26-15-7-3-8-16-26)27-17-9-4-10-18-27/h2-10,13-18,28-29H,11-12,19-23H2,1H3. The zero-order chi connectivity index (χ0) is 22.2. The van der Waals surface area contributed by atoms with E-state index in [0.717, 1.165) is 36.9 Å². The molecular weight excluding hydrogens is 388 g/mol. The third-order valence-corrected chi connectivity index (χ3v) is 7.36. The summed E-state index contributed by atoms with van der Waals surface area (Å²) in [6, 6.07) is 35.1. The predicted molar refractivity (Wildman–Crippen MR) is 132 cm³/mol. The van der Waals surface area contributed by atoms with E-state index in [-0.39, 0.29) is 0 Å². The van der Waals surface area contributed by atoms with Crippen LogP contribution in [0.1, 0.15) is 48.8 Å². The van der Waals surface area contributed by atoms with Crippen molar-refractivity contribution in [3.8, 4) is 6.07 Å². The van der Waals surface area contributed by atoms with Gasteiger partial charge in [0.15, 0.2) is 0 Å². The van der Waals surface area contributed by atoms with Crippen molar-refractivity contribution in [3.05, 3.63) is 108 Å². The first-order chi connectivity index (χ1) is 15.7. The normalized spacial score (nSPS) is 19.3. The molecule has 0 bridgehead atoms. The van der Waals surface area contributed by atoms with Gasteiger partial charge in [0, 0.05) is 12.6 Å². The van der Waals surface area contributed by atoms with Crippen LogP contribution >= 0.6 is 0 Å². The number of rotatable bonds is 7. The molecule has 3 aromatic carbocycles. The van der Waals surface area contributed by atoms with Gasteiger partial charge in [0.1, 0.15) is 5.41 Å². The highest BCUT2D eigenvalue weighted by Crippen LogP contribution is 2.45. The third kappa shape index (κ3) is 4.79. The van der Waals surface area contributed by atoms with Crippen LogP contribution in [0.5, 0.6) is 0 Å². The topological polar surface area (TPSA) is 27.0 Å². The molecule has 2 nitrogen and oxygen atoms in total. The van der Waals surface area contributed by atoms with E-state index in [2.05, 4.69) is 96.9 Å². The minimum Gasteiger partial charge on any atom is -0.303 e. The van der Waals surface area contributed by atoms with Crippen molar-refractivity contribution in [1.29, 1.82) is 5.26 Å². The molecule has 164 valence electrons. The Hall–Kier alpha value is -2.89. The molecule has 0 aliphatic heterocycles. The van der Waals surface area contributed by atoms with Gasteiger partial charge in [-0.2, -0.15) is 5.26 Å². The lowest BCUT2D eigenvalue weighted by atomic mass is 9.64. The number of hydrogen-bond acceptors (Lipinski definition) is 2. The molecule has 0 radical (unpaired) electrons. The largest absolute Gasteiger partial charge is 0.303 e. The molecule has 0 amide bonds. The Morgan fingerprint density at radius 2 is 1.34 bits per heavy atom. The molecule has 32 heavy (non-hydrogen) atoms. The molecule has 0 heterocycles. The number of nitrogens with zero attached hydrogens (tertiary/aromatic N) is 2. The summed E-state index contributed by atoms with van der Waals surface area (Å²) in [7, 11) is 2.27. The molecule has 1 saturated carbocycles. The van der Waals surface area contributed by atoms with E-state index in [1.807, 2.05) is 12.1 Å². The summed E-state index contributed by atoms with van der Waals surface area (Å²) in [6.07, 6.45) is 6.87. The summed E-state index contributed by atoms with van der Waals surface area (Å²) in [6.45, 7) is 1.05. The van der Waals surface area contributed by atoms with Crippen molar-refractivity contribution in [2.75, 3.05) is 13.6 Å². The van der Waals surface area contributed by atoms with E-state index < -0.39 is 5.41 Å². The molecule has 1 aliphatic carbocycles. The van der Waals surface area contributed by atoms with Crippen LogP contribution in [0, 0.1) is 17.2 Å². The van der Waals surface area contributed by atoms with Gasteiger partial charge < -0.3 is 4.90 Å². The van der Waals surface area contributed by atoms with Gasteiger partial charge in [0.05, 0.1) is 6.07 Å². The average molecular weight is 423 g/mol. The number of hydrogen-bond donors (Lipinski definition) is 0. The van der Waals surface area contributed by atoms with Gasteiger partial charge >= 0.3 is 0 Å². The van der Waals surface area contributed by atoms with Crippen LogP contribution in [0.3, 0.4) is 0 Å². The minimum absolute atomic E-state index is 0.295. The molecule has 2 unspecified atom stereocenters. The van der Waals surface area contributed by atoms with Crippen molar-refractivity contribution in [2.24, 2.45) is 5.92 Å². The summed E-state index contributed by atoms with van der Waals surface area (Å²) in [5.41, 5.74) is 3.05. The van der Waals surface area contributed by atoms with Gasteiger partial charge in [0.2, 0.25) is 0 Å². The monoisotopic (exact) mass is 422 g/mol. The quantitative estimate of drug-likeness (QED) is 0.400. The Morgan fingerprint density at radius 3 is 1.91 bits per heavy atom. The highest BCUT2D eigenvalue weighted by atomic mass is 15.1. The molecule has 3 aromatic rings. The molecule has 0 N–H and O–H groups in total. The number of likely N-dealkylation sites (N-methyl/N-ethyl adjacent to an activating group) is 1. The average Bonchev–Trinajstić information content (AvgIpc) is 3.12. The Bertz CT molecular complexity index is 952. The fraction of sp³-hybridized carbons (Fsp3) is 0.367. The fourth-order valence-electron chi connectivity index (χ4n) is 5.52. The third-order valence-electron chi connectivity index (χ3n) is 7.36. The van der Waals surface area contributed by atoms with E-state index in [0.29, 0.717) is 12.0 Å². The highest BCUT2D eigenvalue weighted by molar-refractivity contribution is 5.47. The summed E-state index contributed by atoms with van der Waals surface area (Å²) in [5.74, 6) is 0.295. The molecule has 2 atom stereocenters. The van der Waals surface area contributed by atoms with Crippen molar-refractivity contribution in [3.63, 3.8) is 0 Å². The van der Waals surface area contributed by atoms with Crippen LogP contribution in [-0.2, 0) is 11.8 Å². The lowest BCUT2D eigenvalue weighted by Crippen LogP contribution is -2.40. The summed E-state index contributed by atoms with van der Waals surface area (Å²) in [4.78, 5) is 2.55. The maximum absolute atomic E-state index is 10.7. The van der Waals surface area contributed by atoms with Crippen molar-refractivity contribution < 1.29 is 0 Å². The lowest BCUT2D eigenvalue weighted by molar-refractivity contribution is 0.190. The second-order valence-corrected chi connectivity index (χ2v) is 9.24. The second kappa shape index (κ2) is 10.6. The minimum atomic E-state index is -0.606. The number of nitriles is 1. The van der Waals surface area contributed by atoms with Gasteiger partial charge in [0.25, 0.3) is 0 Å². The SMILES string of the molecule is CN(CCc1ccccc1)C1CCCCC(C(C#N)(c2ccccc2)c2ccccc2)C1. The molecular formula is C30H34N2. The van der Waals surface area contributed by atoms with Crippen molar-refractivity contribution >= 4 is 0 Å². The molecule has 1 aliphatic rings. The Balaban J connectivity index is 1.62. The van der Waals surface area contributed by atoms with Gasteiger partial charge in [-0.05, 0) is 55.3 Å². The van der Waals surface area contributed by atoms with Crippen LogP contribution in [0.15, 0.2) is 91.0 Å². The molecule has 0 spiro atoms. The van der Waals surface area contributed by atoms with Gasteiger partial charge in [-0.15, -0.1) is 0 Å². The van der Waals surface area contributed by atoms with Crippen LogP contribution < -0.4 is 0 Å². The molecule has 2 heteroatoms. The molecule has 0 aromatic heterocycles. The van der Waals surface area contributed by atoms with E-state index in [1.54, 1.807) is 0 Å². The summed E-state index contributed by atoms with van der Waals surface area (Å²) in [5, 5.41) is 10.7. The van der Waals surface area contributed by atoms with E-state index in [4.69, 9.17) is 0 Å². The Kier molecular flexibility index (Phi) is 7.40. The Morgan fingerprint density at radius 1 is 0.812 bits per heavy atom. The summed E-state index contributed by atoms with van der Waals surface area (Å²) >= 11 is 0. The van der Waals surface area contributed by atoms with Crippen LogP contribution in [-0.4, -0.2) is 24.5 Å². The Labute approximate surface area is 193 Å². The molecule has 0 saturated heterocycles. The van der Waals surface area contributed by atoms with E-state index in [1.165, 1.54) is 24.8 Å². The highest BCUT2D eigenvalue weighted by Gasteiger charge is 2.44. The van der Waals surface area contributed by atoms with Crippen LogP contribution in [0.25, 0.3) is 0 Å². The van der Waals surface area contributed by atoms with Gasteiger partial charge in [-0.3, -0.25) is 0 Å². The lowest BCUT2D eigenvalue weighted by Gasteiger charge is -2.39. The first-order valence-corrected chi connectivity index (χ1v) is 12.0. The van der Waals surface area contributed by atoms with Gasteiger partial charge in [-0.1, -0.05) is 104 Å². The van der Waals surface area contributed by atoms with Crippen LogP contribution in [0.4, 0.5) is 0 Å². The summed E-state index contributed by atoms with van der Waals surface area (Å²) < 4.78 is 0. The van der Waals surface area contributed by atoms with Gasteiger partial charge in [-0.25, -0.2) is 0 Å². The smallest absolute Gasteiger partial charge is 0.110 e. The van der Waals surface area contributed by atoms with E-state index >= 15 is 0 Å². The second-order valence-electron chi connectivity index (χ2n) is 9.24. The predicted octanol–water partition coefficient (Wildman–Crippen LogP) is 6.62.